The highest BCUT2D eigenvalue weighted by atomic mass is 19.2. The molecule has 2 amide bonds. The summed E-state index contributed by atoms with van der Waals surface area (Å²) in [4.78, 5) is 28.3. The number of rotatable bonds is 3. The van der Waals surface area contributed by atoms with E-state index in [2.05, 4.69) is 0 Å². The zero-order valence-electron chi connectivity index (χ0n) is 17.3. The Balaban J connectivity index is 1.59. The second-order valence-corrected chi connectivity index (χ2v) is 7.72. The molecule has 4 rings (SSSR count). The van der Waals surface area contributed by atoms with Crippen LogP contribution in [0.4, 0.5) is 8.78 Å². The van der Waals surface area contributed by atoms with Gasteiger partial charge in [-0.25, -0.2) is 8.78 Å². The van der Waals surface area contributed by atoms with Crippen molar-refractivity contribution in [2.45, 2.75) is 6.10 Å². The fraction of sp³-hybridized carbons (Fsp3) is 0.250. The average Bonchev–Trinajstić information content (AvgIpc) is 2.79. The molecule has 0 spiro atoms. The number of hydrogen-bond donors (Lipinski definition) is 0. The van der Waals surface area contributed by atoms with Crippen molar-refractivity contribution in [3.63, 3.8) is 0 Å². The Bertz CT molecular complexity index is 1160. The number of nitrogens with zero attached hydrogens (tertiary/aromatic N) is 2. The Morgan fingerprint density at radius 3 is 2.55 bits per heavy atom. The quantitative estimate of drug-likeness (QED) is 0.644. The van der Waals surface area contributed by atoms with Crippen LogP contribution in [0.25, 0.3) is 21.9 Å². The molecule has 5 nitrogen and oxygen atoms in total. The molecule has 3 aromatic carbocycles. The summed E-state index contributed by atoms with van der Waals surface area (Å²) in [5.41, 5.74) is 1.24. The third-order valence-electron chi connectivity index (χ3n) is 5.42. The summed E-state index contributed by atoms with van der Waals surface area (Å²) in [5.74, 6) is -2.13. The van der Waals surface area contributed by atoms with Crippen LogP contribution in [-0.2, 0) is 9.53 Å². The Morgan fingerprint density at radius 1 is 1.03 bits per heavy atom. The van der Waals surface area contributed by atoms with Gasteiger partial charge in [0.2, 0.25) is 0 Å². The van der Waals surface area contributed by atoms with E-state index in [9.17, 15) is 18.4 Å². The molecular weight excluding hydrogens is 402 g/mol. The highest BCUT2D eigenvalue weighted by Crippen LogP contribution is 2.28. The molecule has 0 aliphatic carbocycles. The van der Waals surface area contributed by atoms with E-state index < -0.39 is 17.7 Å². The molecule has 7 heteroatoms. The van der Waals surface area contributed by atoms with E-state index in [-0.39, 0.29) is 23.9 Å². The molecule has 0 N–H and O–H groups in total. The highest BCUT2D eigenvalue weighted by molar-refractivity contribution is 5.99. The van der Waals surface area contributed by atoms with E-state index >= 15 is 0 Å². The molecule has 1 heterocycles. The molecule has 0 aromatic heterocycles. The lowest BCUT2D eigenvalue weighted by molar-refractivity contribution is -0.145. The summed E-state index contributed by atoms with van der Waals surface area (Å²) in [6, 6.07) is 14.6. The Morgan fingerprint density at radius 2 is 1.77 bits per heavy atom. The minimum absolute atomic E-state index is 0.173. The zero-order valence-corrected chi connectivity index (χ0v) is 17.3. The number of halogens is 2. The number of likely N-dealkylation sites (N-methyl/N-ethyl adjacent to an activating group) is 1. The third kappa shape index (κ3) is 4.14. The SMILES string of the molecule is CN(C)C(=O)C1CN(C(=O)c2ccc3cc(-c4cccc(F)c4F)ccc3c2)CCO1. The van der Waals surface area contributed by atoms with Crippen LogP contribution in [0.3, 0.4) is 0 Å². The first-order valence-corrected chi connectivity index (χ1v) is 9.95. The van der Waals surface area contributed by atoms with Gasteiger partial charge in [0, 0.05) is 31.8 Å². The summed E-state index contributed by atoms with van der Waals surface area (Å²) in [6.07, 6.45) is -0.670. The zero-order chi connectivity index (χ0) is 22.1. The molecular formula is C24H22F2N2O3. The number of fused-ring (bicyclic) bond motifs is 1. The van der Waals surface area contributed by atoms with Crippen molar-refractivity contribution in [3.05, 3.63) is 71.8 Å². The van der Waals surface area contributed by atoms with E-state index in [1.165, 1.54) is 17.0 Å². The van der Waals surface area contributed by atoms with Gasteiger partial charge in [-0.1, -0.05) is 30.3 Å². The summed E-state index contributed by atoms with van der Waals surface area (Å²) >= 11 is 0. The monoisotopic (exact) mass is 424 g/mol. The lowest BCUT2D eigenvalue weighted by Crippen LogP contribution is -2.51. The molecule has 1 aliphatic rings. The topological polar surface area (TPSA) is 49.9 Å². The van der Waals surface area contributed by atoms with Gasteiger partial charge < -0.3 is 14.5 Å². The van der Waals surface area contributed by atoms with Crippen molar-refractivity contribution in [1.29, 1.82) is 0 Å². The summed E-state index contributed by atoms with van der Waals surface area (Å²) in [6.45, 7) is 0.906. The summed E-state index contributed by atoms with van der Waals surface area (Å²) in [5, 5.41) is 1.61. The second kappa shape index (κ2) is 8.43. The standard InChI is InChI=1S/C24H22F2N2O3/c1-27(2)24(30)21-14-28(10-11-31-21)23(29)18-9-7-15-12-17(8-6-16(15)13-18)19-4-3-5-20(25)22(19)26/h3-9,12-13,21H,10-11,14H2,1-2H3. The minimum Gasteiger partial charge on any atom is -0.365 e. The van der Waals surface area contributed by atoms with Gasteiger partial charge in [0.05, 0.1) is 13.2 Å². The third-order valence-corrected chi connectivity index (χ3v) is 5.42. The summed E-state index contributed by atoms with van der Waals surface area (Å²) in [7, 11) is 3.31. The molecule has 1 saturated heterocycles. The van der Waals surface area contributed by atoms with Crippen LogP contribution in [-0.4, -0.2) is 61.5 Å². The largest absolute Gasteiger partial charge is 0.365 e. The summed E-state index contributed by atoms with van der Waals surface area (Å²) < 4.78 is 33.2. The molecule has 1 aliphatic heterocycles. The molecule has 1 unspecified atom stereocenters. The van der Waals surface area contributed by atoms with Gasteiger partial charge >= 0.3 is 0 Å². The van der Waals surface area contributed by atoms with Crippen molar-refractivity contribution in [2.24, 2.45) is 0 Å². The van der Waals surface area contributed by atoms with E-state index in [4.69, 9.17) is 4.74 Å². The smallest absolute Gasteiger partial charge is 0.254 e. The van der Waals surface area contributed by atoms with Gasteiger partial charge in [0.1, 0.15) is 0 Å². The van der Waals surface area contributed by atoms with Crippen molar-refractivity contribution in [2.75, 3.05) is 33.8 Å². The molecule has 1 atom stereocenters. The van der Waals surface area contributed by atoms with Crippen LogP contribution in [0.15, 0.2) is 54.6 Å². The average molecular weight is 424 g/mol. The molecule has 1 fully saturated rings. The Kier molecular flexibility index (Phi) is 5.69. The van der Waals surface area contributed by atoms with Crippen molar-refractivity contribution in [3.8, 4) is 11.1 Å². The maximum absolute atomic E-state index is 14.1. The normalized spacial score (nSPS) is 16.4. The van der Waals surface area contributed by atoms with Gasteiger partial charge in [0.15, 0.2) is 17.7 Å². The van der Waals surface area contributed by atoms with E-state index in [0.717, 1.165) is 16.8 Å². The number of morpholine rings is 1. The molecule has 0 bridgehead atoms. The van der Waals surface area contributed by atoms with Crippen molar-refractivity contribution >= 4 is 22.6 Å². The molecule has 31 heavy (non-hydrogen) atoms. The van der Waals surface area contributed by atoms with Crippen LogP contribution in [0, 0.1) is 11.6 Å². The molecule has 3 aromatic rings. The van der Waals surface area contributed by atoms with Crippen molar-refractivity contribution in [1.82, 2.24) is 9.80 Å². The van der Waals surface area contributed by atoms with Gasteiger partial charge in [-0.3, -0.25) is 9.59 Å². The maximum Gasteiger partial charge on any atom is 0.254 e. The fourth-order valence-corrected chi connectivity index (χ4v) is 3.73. The first kappa shape index (κ1) is 20.9. The van der Waals surface area contributed by atoms with Crippen LogP contribution < -0.4 is 0 Å². The molecule has 160 valence electrons. The number of hydrogen-bond acceptors (Lipinski definition) is 3. The first-order valence-electron chi connectivity index (χ1n) is 9.95. The lowest BCUT2D eigenvalue weighted by atomic mass is 9.99. The van der Waals surface area contributed by atoms with Gasteiger partial charge in [-0.2, -0.15) is 0 Å². The maximum atomic E-state index is 14.1. The Labute approximate surface area is 178 Å². The van der Waals surface area contributed by atoms with Gasteiger partial charge in [0.25, 0.3) is 11.8 Å². The number of amides is 2. The Hall–Kier alpha value is -3.32. The predicted molar refractivity (Wildman–Crippen MR) is 114 cm³/mol. The highest BCUT2D eigenvalue weighted by Gasteiger charge is 2.30. The van der Waals surface area contributed by atoms with E-state index in [1.54, 1.807) is 55.4 Å². The lowest BCUT2D eigenvalue weighted by Gasteiger charge is -2.33. The van der Waals surface area contributed by atoms with E-state index in [0.29, 0.717) is 24.3 Å². The molecule has 0 saturated carbocycles. The van der Waals surface area contributed by atoms with Crippen LogP contribution in [0.1, 0.15) is 10.4 Å². The minimum atomic E-state index is -0.893. The van der Waals surface area contributed by atoms with E-state index in [1.807, 2.05) is 0 Å². The number of carbonyl (C=O) groups is 2. The fourth-order valence-electron chi connectivity index (χ4n) is 3.73. The number of carbonyl (C=O) groups excluding carboxylic acids is 2. The van der Waals surface area contributed by atoms with Gasteiger partial charge in [-0.05, 0) is 40.6 Å². The first-order chi connectivity index (χ1) is 14.8. The van der Waals surface area contributed by atoms with Crippen LogP contribution in [0.5, 0.6) is 0 Å². The van der Waals surface area contributed by atoms with Gasteiger partial charge in [-0.15, -0.1) is 0 Å². The van der Waals surface area contributed by atoms with Crippen LogP contribution in [0.2, 0.25) is 0 Å². The number of benzene rings is 3. The van der Waals surface area contributed by atoms with Crippen molar-refractivity contribution < 1.29 is 23.1 Å². The van der Waals surface area contributed by atoms with Crippen LogP contribution >= 0.6 is 0 Å². The second-order valence-electron chi connectivity index (χ2n) is 7.72. The predicted octanol–water partition coefficient (Wildman–Crippen LogP) is 3.71. The number of ether oxygens (including phenoxy) is 1. The molecule has 0 radical (unpaired) electrons.